The Morgan fingerprint density at radius 2 is 1.30 bits per heavy atom. The van der Waals surface area contributed by atoms with Crippen molar-refractivity contribution in [1.29, 1.82) is 0 Å². The summed E-state index contributed by atoms with van der Waals surface area (Å²) in [5, 5.41) is 10.6. The van der Waals surface area contributed by atoms with Gasteiger partial charge in [0.15, 0.2) is 0 Å². The third-order valence-electron chi connectivity index (χ3n) is 5.53. The van der Waals surface area contributed by atoms with Gasteiger partial charge in [-0.25, -0.2) is 0 Å². The first-order chi connectivity index (χ1) is 9.77. The van der Waals surface area contributed by atoms with E-state index in [-0.39, 0.29) is 6.10 Å². The van der Waals surface area contributed by atoms with Crippen molar-refractivity contribution in [1.82, 2.24) is 4.90 Å². The van der Waals surface area contributed by atoms with Crippen LogP contribution >= 0.6 is 0 Å². The molecule has 0 amide bonds. The molecule has 0 radical (unpaired) electrons. The van der Waals surface area contributed by atoms with Crippen molar-refractivity contribution >= 4 is 0 Å². The third-order valence-corrected chi connectivity index (χ3v) is 5.53. The van der Waals surface area contributed by atoms with Gasteiger partial charge in [0.1, 0.15) is 0 Å². The summed E-state index contributed by atoms with van der Waals surface area (Å²) < 4.78 is 0. The molecule has 2 nitrogen and oxygen atoms in total. The largest absolute Gasteiger partial charge is 0.391 e. The number of hydrogen-bond acceptors (Lipinski definition) is 2. The van der Waals surface area contributed by atoms with Gasteiger partial charge in [-0.1, -0.05) is 57.8 Å². The van der Waals surface area contributed by atoms with Crippen LogP contribution in [-0.2, 0) is 0 Å². The fraction of sp³-hybridized carbons (Fsp3) is 1.00. The highest BCUT2D eigenvalue weighted by atomic mass is 16.3. The summed E-state index contributed by atoms with van der Waals surface area (Å²) in [5.74, 6) is 0.911. The normalized spacial score (nSPS) is 31.4. The molecular formula is C18H35NO. The SMILES string of the molecule is CN(CC1CCC1)C1CCCCCCCCCCC1O. The van der Waals surface area contributed by atoms with E-state index in [9.17, 15) is 5.11 Å². The van der Waals surface area contributed by atoms with Crippen LogP contribution in [-0.4, -0.2) is 35.7 Å². The van der Waals surface area contributed by atoms with E-state index in [0.717, 1.165) is 12.3 Å². The van der Waals surface area contributed by atoms with Gasteiger partial charge < -0.3 is 10.0 Å². The molecule has 2 rings (SSSR count). The van der Waals surface area contributed by atoms with Gasteiger partial charge in [0.2, 0.25) is 0 Å². The first-order valence-electron chi connectivity index (χ1n) is 9.15. The average Bonchev–Trinajstić information content (AvgIpc) is 2.38. The van der Waals surface area contributed by atoms with Crippen molar-refractivity contribution < 1.29 is 5.11 Å². The Balaban J connectivity index is 1.82. The molecule has 0 saturated heterocycles. The van der Waals surface area contributed by atoms with Gasteiger partial charge in [-0.2, -0.15) is 0 Å². The molecule has 1 N–H and O–H groups in total. The lowest BCUT2D eigenvalue weighted by Gasteiger charge is -2.37. The van der Waals surface area contributed by atoms with E-state index in [1.807, 2.05) is 0 Å². The van der Waals surface area contributed by atoms with Gasteiger partial charge in [-0.3, -0.25) is 0 Å². The van der Waals surface area contributed by atoms with Crippen LogP contribution in [0, 0.1) is 5.92 Å². The predicted molar refractivity (Wildman–Crippen MR) is 85.9 cm³/mol. The van der Waals surface area contributed by atoms with E-state index in [1.54, 1.807) is 0 Å². The van der Waals surface area contributed by atoms with E-state index in [1.165, 1.54) is 83.6 Å². The van der Waals surface area contributed by atoms with Crippen LogP contribution in [0.1, 0.15) is 83.5 Å². The minimum Gasteiger partial charge on any atom is -0.391 e. The second-order valence-electron chi connectivity index (χ2n) is 7.28. The molecule has 2 aliphatic carbocycles. The fourth-order valence-electron chi connectivity index (χ4n) is 3.88. The molecule has 0 aromatic heterocycles. The molecule has 2 aliphatic rings. The van der Waals surface area contributed by atoms with Crippen molar-refractivity contribution in [3.05, 3.63) is 0 Å². The summed E-state index contributed by atoms with van der Waals surface area (Å²) >= 11 is 0. The van der Waals surface area contributed by atoms with Gasteiger partial charge in [0.05, 0.1) is 6.10 Å². The Bertz CT molecular complexity index is 252. The summed E-state index contributed by atoms with van der Waals surface area (Å²) in [5.41, 5.74) is 0. The second-order valence-corrected chi connectivity index (χ2v) is 7.28. The molecule has 2 atom stereocenters. The van der Waals surface area contributed by atoms with Crippen molar-refractivity contribution in [2.45, 2.75) is 95.6 Å². The molecule has 0 aromatic rings. The maximum atomic E-state index is 10.6. The van der Waals surface area contributed by atoms with Crippen molar-refractivity contribution in [2.24, 2.45) is 5.92 Å². The zero-order chi connectivity index (χ0) is 14.2. The monoisotopic (exact) mass is 281 g/mol. The quantitative estimate of drug-likeness (QED) is 0.830. The second kappa shape index (κ2) is 9.04. The Morgan fingerprint density at radius 3 is 1.85 bits per heavy atom. The number of rotatable bonds is 3. The summed E-state index contributed by atoms with van der Waals surface area (Å²) in [6.45, 7) is 1.21. The topological polar surface area (TPSA) is 23.5 Å². The molecule has 2 unspecified atom stereocenters. The number of likely N-dealkylation sites (N-methyl/N-ethyl adjacent to an activating group) is 1. The average molecular weight is 281 g/mol. The fourth-order valence-corrected chi connectivity index (χ4v) is 3.88. The van der Waals surface area contributed by atoms with Crippen LogP contribution in [0.4, 0.5) is 0 Å². The molecule has 20 heavy (non-hydrogen) atoms. The number of hydrogen-bond donors (Lipinski definition) is 1. The van der Waals surface area contributed by atoms with Crippen molar-refractivity contribution in [2.75, 3.05) is 13.6 Å². The highest BCUT2D eigenvalue weighted by molar-refractivity contribution is 4.81. The molecule has 0 bridgehead atoms. The predicted octanol–water partition coefficient (Wildman–Crippen LogP) is 4.36. The molecule has 0 spiro atoms. The van der Waals surface area contributed by atoms with Crippen LogP contribution < -0.4 is 0 Å². The van der Waals surface area contributed by atoms with Crippen molar-refractivity contribution in [3.8, 4) is 0 Å². The van der Waals surface area contributed by atoms with Crippen LogP contribution in [0.25, 0.3) is 0 Å². The van der Waals surface area contributed by atoms with Crippen LogP contribution in [0.15, 0.2) is 0 Å². The van der Waals surface area contributed by atoms with Crippen LogP contribution in [0.5, 0.6) is 0 Å². The molecule has 0 aromatic carbocycles. The van der Waals surface area contributed by atoms with Crippen LogP contribution in [0.3, 0.4) is 0 Å². The lowest BCUT2D eigenvalue weighted by atomic mass is 9.84. The standard InChI is InChI=1S/C18H35NO/c1-19(15-16-11-10-12-16)17-13-8-6-4-2-3-5-7-9-14-18(17)20/h16-18,20H,2-15H2,1H3. The van der Waals surface area contributed by atoms with Gasteiger partial charge in [0.25, 0.3) is 0 Å². The zero-order valence-electron chi connectivity index (χ0n) is 13.5. The Kier molecular flexibility index (Phi) is 7.37. The first kappa shape index (κ1) is 16.3. The summed E-state index contributed by atoms with van der Waals surface area (Å²) in [4.78, 5) is 2.49. The van der Waals surface area contributed by atoms with Gasteiger partial charge in [-0.15, -0.1) is 0 Å². The summed E-state index contributed by atoms with van der Waals surface area (Å²) in [7, 11) is 2.25. The van der Waals surface area contributed by atoms with E-state index in [2.05, 4.69) is 11.9 Å². The lowest BCUT2D eigenvalue weighted by molar-refractivity contribution is 0.0342. The summed E-state index contributed by atoms with van der Waals surface area (Å²) in [6, 6.07) is 0.412. The molecule has 0 heterocycles. The molecule has 2 heteroatoms. The molecular weight excluding hydrogens is 246 g/mol. The first-order valence-corrected chi connectivity index (χ1v) is 9.15. The highest BCUT2D eigenvalue weighted by Gasteiger charge is 2.27. The lowest BCUT2D eigenvalue weighted by Crippen LogP contribution is -2.44. The molecule has 0 aliphatic heterocycles. The Hall–Kier alpha value is -0.0800. The summed E-state index contributed by atoms with van der Waals surface area (Å²) in [6.07, 6.45) is 17.1. The van der Waals surface area contributed by atoms with Crippen molar-refractivity contribution in [3.63, 3.8) is 0 Å². The maximum Gasteiger partial charge on any atom is 0.0695 e. The number of nitrogens with zero attached hydrogens (tertiary/aromatic N) is 1. The van der Waals surface area contributed by atoms with Gasteiger partial charge in [-0.05, 0) is 38.6 Å². The highest BCUT2D eigenvalue weighted by Crippen LogP contribution is 2.29. The zero-order valence-corrected chi connectivity index (χ0v) is 13.5. The minimum atomic E-state index is -0.0977. The number of aliphatic hydroxyl groups is 1. The molecule has 118 valence electrons. The number of aliphatic hydroxyl groups excluding tert-OH is 1. The van der Waals surface area contributed by atoms with E-state index in [4.69, 9.17) is 0 Å². The Labute approximate surface area is 125 Å². The Morgan fingerprint density at radius 1 is 0.750 bits per heavy atom. The van der Waals surface area contributed by atoms with Crippen LogP contribution in [0.2, 0.25) is 0 Å². The van der Waals surface area contributed by atoms with E-state index >= 15 is 0 Å². The molecule has 2 fully saturated rings. The minimum absolute atomic E-state index is 0.0977. The maximum absolute atomic E-state index is 10.6. The smallest absolute Gasteiger partial charge is 0.0695 e. The van der Waals surface area contributed by atoms with Gasteiger partial charge in [0, 0.05) is 12.6 Å². The van der Waals surface area contributed by atoms with Gasteiger partial charge >= 0.3 is 0 Å². The van der Waals surface area contributed by atoms with E-state index < -0.39 is 0 Å². The third kappa shape index (κ3) is 5.37. The van der Waals surface area contributed by atoms with E-state index in [0.29, 0.717) is 6.04 Å². The molecule has 2 saturated carbocycles.